The summed E-state index contributed by atoms with van der Waals surface area (Å²) in [4.78, 5) is 16.4. The first-order valence-electron chi connectivity index (χ1n) is 9.29. The van der Waals surface area contributed by atoms with Crippen LogP contribution in [0.1, 0.15) is 27.7 Å². The first kappa shape index (κ1) is 21.2. The van der Waals surface area contributed by atoms with Crippen molar-refractivity contribution in [2.24, 2.45) is 0 Å². The number of ether oxygens (including phenoxy) is 4. The summed E-state index contributed by atoms with van der Waals surface area (Å²) in [6.45, 7) is 10.8. The average Bonchev–Trinajstić information content (AvgIpc) is 2.60. The molecule has 0 saturated carbocycles. The van der Waals surface area contributed by atoms with E-state index in [4.69, 9.17) is 18.9 Å². The highest BCUT2D eigenvalue weighted by molar-refractivity contribution is 5.69. The fraction of sp³-hybridized carbons (Fsp3) is 0.650. The smallest absolute Gasteiger partial charge is 0.410 e. The fourth-order valence-corrected chi connectivity index (χ4v) is 2.99. The summed E-state index contributed by atoms with van der Waals surface area (Å²) in [5.41, 5.74) is 0.557. The van der Waals surface area contributed by atoms with Crippen molar-refractivity contribution in [3.05, 3.63) is 18.2 Å². The average molecular weight is 380 g/mol. The van der Waals surface area contributed by atoms with E-state index in [0.717, 1.165) is 18.8 Å². The zero-order valence-corrected chi connectivity index (χ0v) is 17.3. The topological polar surface area (TPSA) is 60.5 Å². The molecule has 1 atom stereocenters. The summed E-state index contributed by atoms with van der Waals surface area (Å²) in [7, 11) is 3.27. The molecular weight excluding hydrogens is 348 g/mol. The largest absolute Gasteiger partial charge is 0.493 e. The molecule has 0 N–H and O–H groups in total. The van der Waals surface area contributed by atoms with Gasteiger partial charge in [-0.2, -0.15) is 0 Å². The van der Waals surface area contributed by atoms with Crippen molar-refractivity contribution in [3.63, 3.8) is 0 Å². The third-order valence-corrected chi connectivity index (χ3v) is 4.31. The Balaban J connectivity index is 2.02. The SMILES string of the molecule is COCCOc1ccc(N2CCN(C(=O)OC(C)(C)C)C(C)C2)cc1OC. The van der Waals surface area contributed by atoms with E-state index in [-0.39, 0.29) is 12.1 Å². The Hall–Kier alpha value is -2.15. The number of carbonyl (C=O) groups is 1. The van der Waals surface area contributed by atoms with E-state index < -0.39 is 5.60 Å². The van der Waals surface area contributed by atoms with Gasteiger partial charge in [0.15, 0.2) is 11.5 Å². The molecule has 1 heterocycles. The maximum Gasteiger partial charge on any atom is 0.410 e. The maximum atomic E-state index is 12.4. The molecule has 1 saturated heterocycles. The molecular formula is C20H32N2O5. The minimum absolute atomic E-state index is 0.0530. The molecule has 0 aliphatic carbocycles. The molecule has 0 spiro atoms. The molecule has 1 amide bonds. The van der Waals surface area contributed by atoms with Gasteiger partial charge in [0.2, 0.25) is 0 Å². The van der Waals surface area contributed by atoms with Crippen molar-refractivity contribution in [3.8, 4) is 11.5 Å². The van der Waals surface area contributed by atoms with Crippen molar-refractivity contribution in [1.82, 2.24) is 4.90 Å². The van der Waals surface area contributed by atoms with Crippen LogP contribution in [0.3, 0.4) is 0 Å². The Kier molecular flexibility index (Phi) is 7.18. The molecule has 0 bridgehead atoms. The number of rotatable bonds is 6. The number of hydrogen-bond donors (Lipinski definition) is 0. The molecule has 1 aromatic carbocycles. The van der Waals surface area contributed by atoms with Crippen LogP contribution in [0.2, 0.25) is 0 Å². The van der Waals surface area contributed by atoms with Crippen LogP contribution in [-0.4, -0.2) is 69.7 Å². The van der Waals surface area contributed by atoms with Crippen LogP contribution in [0, 0.1) is 0 Å². The maximum absolute atomic E-state index is 12.4. The molecule has 1 aliphatic heterocycles. The van der Waals surface area contributed by atoms with Gasteiger partial charge in [0.25, 0.3) is 0 Å². The normalized spacial score (nSPS) is 17.6. The Labute approximate surface area is 162 Å². The third-order valence-electron chi connectivity index (χ3n) is 4.31. The summed E-state index contributed by atoms with van der Waals surface area (Å²) in [5, 5.41) is 0. The number of carbonyl (C=O) groups excluding carboxylic acids is 1. The molecule has 7 heteroatoms. The van der Waals surface area contributed by atoms with Gasteiger partial charge in [-0.05, 0) is 39.8 Å². The zero-order chi connectivity index (χ0) is 20.0. The van der Waals surface area contributed by atoms with Gasteiger partial charge in [-0.25, -0.2) is 4.79 Å². The molecule has 1 aromatic rings. The second kappa shape index (κ2) is 9.17. The van der Waals surface area contributed by atoms with Crippen LogP contribution in [-0.2, 0) is 9.47 Å². The monoisotopic (exact) mass is 380 g/mol. The first-order valence-corrected chi connectivity index (χ1v) is 9.29. The van der Waals surface area contributed by atoms with Gasteiger partial charge in [-0.1, -0.05) is 0 Å². The standard InChI is InChI=1S/C20H32N2O5/c1-15-14-21(9-10-22(15)19(23)27-20(2,3)4)16-7-8-17(18(13-16)25-6)26-12-11-24-5/h7-8,13,15H,9-12,14H2,1-6H3. The molecule has 7 nitrogen and oxygen atoms in total. The van der Waals surface area contributed by atoms with Crippen LogP contribution in [0.5, 0.6) is 11.5 Å². The van der Waals surface area contributed by atoms with Gasteiger partial charge in [-0.15, -0.1) is 0 Å². The predicted octanol–water partition coefficient (Wildman–Crippen LogP) is 3.17. The van der Waals surface area contributed by atoms with Crippen molar-refractivity contribution in [1.29, 1.82) is 0 Å². The minimum Gasteiger partial charge on any atom is -0.493 e. The number of piperazine rings is 1. The number of anilines is 1. The van der Waals surface area contributed by atoms with Gasteiger partial charge in [0, 0.05) is 44.5 Å². The lowest BCUT2D eigenvalue weighted by Gasteiger charge is -2.41. The number of hydrogen-bond acceptors (Lipinski definition) is 6. The highest BCUT2D eigenvalue weighted by Crippen LogP contribution is 2.32. The van der Waals surface area contributed by atoms with E-state index in [9.17, 15) is 4.79 Å². The summed E-state index contributed by atoms with van der Waals surface area (Å²) in [5.74, 6) is 1.38. The lowest BCUT2D eigenvalue weighted by Crippen LogP contribution is -2.55. The Morgan fingerprint density at radius 2 is 1.89 bits per heavy atom. The van der Waals surface area contributed by atoms with Gasteiger partial charge in [0.1, 0.15) is 12.2 Å². The lowest BCUT2D eigenvalue weighted by atomic mass is 10.1. The quantitative estimate of drug-likeness (QED) is 0.707. The third kappa shape index (κ3) is 5.92. The second-order valence-electron chi connectivity index (χ2n) is 7.65. The molecule has 1 fully saturated rings. The van der Waals surface area contributed by atoms with E-state index in [2.05, 4.69) is 4.90 Å². The second-order valence-corrected chi connectivity index (χ2v) is 7.65. The molecule has 0 aromatic heterocycles. The van der Waals surface area contributed by atoms with Crippen LogP contribution < -0.4 is 14.4 Å². The minimum atomic E-state index is -0.486. The number of amides is 1. The zero-order valence-electron chi connectivity index (χ0n) is 17.3. The first-order chi connectivity index (χ1) is 12.7. The highest BCUT2D eigenvalue weighted by atomic mass is 16.6. The summed E-state index contributed by atoms with van der Waals surface area (Å²) >= 11 is 0. The molecule has 152 valence electrons. The lowest BCUT2D eigenvalue weighted by molar-refractivity contribution is 0.0159. The molecule has 2 rings (SSSR count). The van der Waals surface area contributed by atoms with E-state index in [1.807, 2.05) is 45.9 Å². The highest BCUT2D eigenvalue weighted by Gasteiger charge is 2.31. The van der Waals surface area contributed by atoms with Gasteiger partial charge >= 0.3 is 6.09 Å². The van der Waals surface area contributed by atoms with E-state index in [1.165, 1.54) is 0 Å². The Bertz CT molecular complexity index is 629. The summed E-state index contributed by atoms with van der Waals surface area (Å²) < 4.78 is 21.7. The predicted molar refractivity (Wildman–Crippen MR) is 105 cm³/mol. The van der Waals surface area contributed by atoms with Crippen LogP contribution in [0.15, 0.2) is 18.2 Å². The summed E-state index contributed by atoms with van der Waals surface area (Å²) in [6.07, 6.45) is -0.255. The van der Waals surface area contributed by atoms with E-state index in [0.29, 0.717) is 31.3 Å². The van der Waals surface area contributed by atoms with Crippen molar-refractivity contribution in [2.45, 2.75) is 39.3 Å². The molecule has 1 aliphatic rings. The Morgan fingerprint density at radius 1 is 1.15 bits per heavy atom. The van der Waals surface area contributed by atoms with Crippen LogP contribution in [0.25, 0.3) is 0 Å². The van der Waals surface area contributed by atoms with E-state index in [1.54, 1.807) is 19.1 Å². The van der Waals surface area contributed by atoms with Gasteiger partial charge < -0.3 is 28.7 Å². The number of methoxy groups -OCH3 is 2. The van der Waals surface area contributed by atoms with E-state index >= 15 is 0 Å². The summed E-state index contributed by atoms with van der Waals surface area (Å²) in [6, 6.07) is 5.95. The Morgan fingerprint density at radius 3 is 2.48 bits per heavy atom. The molecule has 1 unspecified atom stereocenters. The number of nitrogens with zero attached hydrogens (tertiary/aromatic N) is 2. The molecule has 0 radical (unpaired) electrons. The fourth-order valence-electron chi connectivity index (χ4n) is 2.99. The van der Waals surface area contributed by atoms with Crippen LogP contribution in [0.4, 0.5) is 10.5 Å². The van der Waals surface area contributed by atoms with Crippen molar-refractivity contribution in [2.75, 3.05) is 52.0 Å². The van der Waals surface area contributed by atoms with Crippen LogP contribution >= 0.6 is 0 Å². The molecule has 27 heavy (non-hydrogen) atoms. The van der Waals surface area contributed by atoms with Crippen molar-refractivity contribution < 1.29 is 23.7 Å². The van der Waals surface area contributed by atoms with Gasteiger partial charge in [0.05, 0.1) is 13.7 Å². The van der Waals surface area contributed by atoms with Gasteiger partial charge in [-0.3, -0.25) is 0 Å². The van der Waals surface area contributed by atoms with Crippen molar-refractivity contribution >= 4 is 11.8 Å². The number of benzene rings is 1.